The fraction of sp³-hybridized carbons (Fsp3) is 0.500. The molecule has 3 heterocycles. The van der Waals surface area contributed by atoms with E-state index in [-0.39, 0.29) is 0 Å². The Morgan fingerprint density at radius 2 is 2.56 bits per heavy atom. The van der Waals surface area contributed by atoms with E-state index in [0.29, 0.717) is 12.0 Å². The molecular formula is C14H18N2OS. The van der Waals surface area contributed by atoms with Crippen LogP contribution in [-0.4, -0.2) is 24.7 Å². The molecular weight excluding hydrogens is 244 g/mol. The zero-order chi connectivity index (χ0) is 12.4. The predicted octanol–water partition coefficient (Wildman–Crippen LogP) is 2.98. The van der Waals surface area contributed by atoms with Crippen LogP contribution >= 0.6 is 11.3 Å². The molecule has 96 valence electrons. The number of ether oxygens (including phenoxy) is 1. The third kappa shape index (κ3) is 2.55. The predicted molar refractivity (Wildman–Crippen MR) is 75.0 cm³/mol. The summed E-state index contributed by atoms with van der Waals surface area (Å²) in [5.41, 5.74) is 2.36. The highest BCUT2D eigenvalue weighted by molar-refractivity contribution is 7.17. The minimum absolute atomic E-state index is 0.351. The van der Waals surface area contributed by atoms with Gasteiger partial charge < -0.3 is 10.1 Å². The van der Waals surface area contributed by atoms with E-state index in [0.717, 1.165) is 25.3 Å². The SMILES string of the molecule is CC(NCC1CCOC1)c1cnc2ccsc2c1. The molecule has 0 amide bonds. The molecule has 2 atom stereocenters. The lowest BCUT2D eigenvalue weighted by atomic mass is 10.1. The highest BCUT2D eigenvalue weighted by Gasteiger charge is 2.16. The average Bonchev–Trinajstić information content (AvgIpc) is 3.05. The van der Waals surface area contributed by atoms with Crippen LogP contribution in [0.2, 0.25) is 0 Å². The maximum absolute atomic E-state index is 5.39. The van der Waals surface area contributed by atoms with Crippen LogP contribution in [0.15, 0.2) is 23.7 Å². The molecule has 0 radical (unpaired) electrons. The van der Waals surface area contributed by atoms with E-state index >= 15 is 0 Å². The molecule has 0 saturated carbocycles. The maximum atomic E-state index is 5.39. The molecule has 2 aromatic heterocycles. The second-order valence-corrected chi connectivity index (χ2v) is 5.88. The number of nitrogens with zero attached hydrogens (tertiary/aromatic N) is 1. The number of rotatable bonds is 4. The van der Waals surface area contributed by atoms with E-state index in [1.807, 2.05) is 6.20 Å². The number of hydrogen-bond acceptors (Lipinski definition) is 4. The van der Waals surface area contributed by atoms with Crippen molar-refractivity contribution in [3.63, 3.8) is 0 Å². The first kappa shape index (κ1) is 12.1. The van der Waals surface area contributed by atoms with Crippen molar-refractivity contribution in [1.82, 2.24) is 10.3 Å². The van der Waals surface area contributed by atoms with E-state index in [2.05, 4.69) is 34.7 Å². The van der Waals surface area contributed by atoms with Crippen molar-refractivity contribution in [3.8, 4) is 0 Å². The van der Waals surface area contributed by atoms with E-state index in [4.69, 9.17) is 4.74 Å². The summed E-state index contributed by atoms with van der Waals surface area (Å²) < 4.78 is 6.66. The molecule has 2 unspecified atom stereocenters. The van der Waals surface area contributed by atoms with Gasteiger partial charge in [-0.25, -0.2) is 0 Å². The third-order valence-corrected chi connectivity index (χ3v) is 4.41. The van der Waals surface area contributed by atoms with Crippen molar-refractivity contribution in [1.29, 1.82) is 0 Å². The standard InChI is InChI=1S/C14H18N2OS/c1-10(15-7-11-2-4-17-9-11)12-6-14-13(16-8-12)3-5-18-14/h3,5-6,8,10-11,15H,2,4,7,9H2,1H3. The molecule has 0 bridgehead atoms. The largest absolute Gasteiger partial charge is 0.381 e. The van der Waals surface area contributed by atoms with E-state index < -0.39 is 0 Å². The minimum Gasteiger partial charge on any atom is -0.381 e. The molecule has 0 spiro atoms. The maximum Gasteiger partial charge on any atom is 0.0809 e. The summed E-state index contributed by atoms with van der Waals surface area (Å²) in [5, 5.41) is 5.68. The Kier molecular flexibility index (Phi) is 3.59. The van der Waals surface area contributed by atoms with Crippen LogP contribution < -0.4 is 5.32 Å². The Labute approximate surface area is 111 Å². The van der Waals surface area contributed by atoms with Crippen LogP contribution in [-0.2, 0) is 4.74 Å². The first-order valence-corrected chi connectivity index (χ1v) is 7.35. The lowest BCUT2D eigenvalue weighted by Crippen LogP contribution is -2.26. The Bertz CT molecular complexity index is 519. The highest BCUT2D eigenvalue weighted by atomic mass is 32.1. The van der Waals surface area contributed by atoms with Gasteiger partial charge in [-0.05, 0) is 42.3 Å². The van der Waals surface area contributed by atoms with E-state index in [1.54, 1.807) is 11.3 Å². The molecule has 1 aliphatic heterocycles. The van der Waals surface area contributed by atoms with Gasteiger partial charge in [-0.1, -0.05) is 0 Å². The zero-order valence-corrected chi connectivity index (χ0v) is 11.4. The Balaban J connectivity index is 1.65. The topological polar surface area (TPSA) is 34.1 Å². The van der Waals surface area contributed by atoms with Gasteiger partial charge in [-0.2, -0.15) is 0 Å². The van der Waals surface area contributed by atoms with Crippen molar-refractivity contribution < 1.29 is 4.74 Å². The minimum atomic E-state index is 0.351. The monoisotopic (exact) mass is 262 g/mol. The molecule has 2 aromatic rings. The highest BCUT2D eigenvalue weighted by Crippen LogP contribution is 2.23. The smallest absolute Gasteiger partial charge is 0.0809 e. The molecule has 1 N–H and O–H groups in total. The Morgan fingerprint density at radius 1 is 1.61 bits per heavy atom. The van der Waals surface area contributed by atoms with Crippen LogP contribution in [0, 0.1) is 5.92 Å². The molecule has 0 aromatic carbocycles. The van der Waals surface area contributed by atoms with Crippen molar-refractivity contribution in [2.75, 3.05) is 19.8 Å². The van der Waals surface area contributed by atoms with Crippen LogP contribution in [0.4, 0.5) is 0 Å². The fourth-order valence-corrected chi connectivity index (χ4v) is 3.09. The van der Waals surface area contributed by atoms with Gasteiger partial charge in [0.05, 0.1) is 16.8 Å². The molecule has 18 heavy (non-hydrogen) atoms. The normalized spacial score (nSPS) is 21.5. The molecule has 4 heteroatoms. The zero-order valence-electron chi connectivity index (χ0n) is 10.6. The lowest BCUT2D eigenvalue weighted by molar-refractivity contribution is 0.184. The van der Waals surface area contributed by atoms with Crippen molar-refractivity contribution in [3.05, 3.63) is 29.3 Å². The Morgan fingerprint density at radius 3 is 3.39 bits per heavy atom. The summed E-state index contributed by atoms with van der Waals surface area (Å²) in [6.07, 6.45) is 3.17. The number of hydrogen-bond donors (Lipinski definition) is 1. The van der Waals surface area contributed by atoms with Gasteiger partial charge in [-0.3, -0.25) is 4.98 Å². The molecule has 1 saturated heterocycles. The first-order valence-electron chi connectivity index (χ1n) is 6.47. The molecule has 0 aliphatic carbocycles. The lowest BCUT2D eigenvalue weighted by Gasteiger charge is -2.16. The summed E-state index contributed by atoms with van der Waals surface area (Å²) in [5.74, 6) is 0.672. The third-order valence-electron chi connectivity index (χ3n) is 3.56. The average molecular weight is 262 g/mol. The van der Waals surface area contributed by atoms with E-state index in [9.17, 15) is 0 Å². The quantitative estimate of drug-likeness (QED) is 0.919. The summed E-state index contributed by atoms with van der Waals surface area (Å²) in [6.45, 7) is 5.06. The summed E-state index contributed by atoms with van der Waals surface area (Å²) in [6, 6.07) is 4.66. The molecule has 3 rings (SSSR count). The van der Waals surface area contributed by atoms with Gasteiger partial charge in [0.25, 0.3) is 0 Å². The molecule has 1 fully saturated rings. The Hall–Kier alpha value is -0.970. The van der Waals surface area contributed by atoms with Crippen molar-refractivity contribution >= 4 is 21.6 Å². The van der Waals surface area contributed by atoms with E-state index in [1.165, 1.54) is 16.7 Å². The summed E-state index contributed by atoms with van der Waals surface area (Å²) >= 11 is 1.75. The molecule has 3 nitrogen and oxygen atoms in total. The summed E-state index contributed by atoms with van der Waals surface area (Å²) in [7, 11) is 0. The second kappa shape index (κ2) is 5.34. The second-order valence-electron chi connectivity index (χ2n) is 4.93. The van der Waals surface area contributed by atoms with Crippen LogP contribution in [0.25, 0.3) is 10.2 Å². The van der Waals surface area contributed by atoms with Gasteiger partial charge in [-0.15, -0.1) is 11.3 Å². The number of fused-ring (bicyclic) bond motifs is 1. The van der Waals surface area contributed by atoms with Gasteiger partial charge in [0, 0.05) is 25.4 Å². The number of thiophene rings is 1. The van der Waals surface area contributed by atoms with Crippen molar-refractivity contribution in [2.24, 2.45) is 5.92 Å². The molecule has 1 aliphatic rings. The number of nitrogens with one attached hydrogen (secondary N) is 1. The van der Waals surface area contributed by atoms with Gasteiger partial charge in [0.2, 0.25) is 0 Å². The van der Waals surface area contributed by atoms with Crippen molar-refractivity contribution in [2.45, 2.75) is 19.4 Å². The van der Waals surface area contributed by atoms with Crippen LogP contribution in [0.3, 0.4) is 0 Å². The van der Waals surface area contributed by atoms with Gasteiger partial charge >= 0.3 is 0 Å². The fourth-order valence-electron chi connectivity index (χ4n) is 2.30. The van der Waals surface area contributed by atoms with Gasteiger partial charge in [0.15, 0.2) is 0 Å². The summed E-state index contributed by atoms with van der Waals surface area (Å²) in [4.78, 5) is 4.49. The van der Waals surface area contributed by atoms with Crippen LogP contribution in [0.5, 0.6) is 0 Å². The van der Waals surface area contributed by atoms with Gasteiger partial charge in [0.1, 0.15) is 0 Å². The number of pyridine rings is 1. The first-order chi connectivity index (χ1) is 8.83. The van der Waals surface area contributed by atoms with Crippen LogP contribution in [0.1, 0.15) is 24.9 Å². The number of aromatic nitrogens is 1.